The first kappa shape index (κ1) is 16.8. The topological polar surface area (TPSA) is 66.3 Å². The molecule has 6 nitrogen and oxygen atoms in total. The molecule has 3 aromatic rings. The molecule has 2 fully saturated rings. The first-order valence-electron chi connectivity index (χ1n) is 10.3. The minimum atomic E-state index is 0.259. The van der Waals surface area contributed by atoms with E-state index in [-0.39, 0.29) is 5.92 Å². The van der Waals surface area contributed by atoms with E-state index in [1.54, 1.807) is 0 Å². The van der Waals surface area contributed by atoms with Crippen molar-refractivity contribution in [2.75, 3.05) is 13.1 Å². The van der Waals surface area contributed by atoms with Crippen LogP contribution in [-0.4, -0.2) is 43.2 Å². The molecule has 2 aliphatic rings. The van der Waals surface area contributed by atoms with Crippen LogP contribution in [-0.2, 0) is 4.79 Å². The lowest BCUT2D eigenvalue weighted by molar-refractivity contribution is -0.133. The van der Waals surface area contributed by atoms with Crippen molar-refractivity contribution in [2.45, 2.75) is 51.4 Å². The van der Waals surface area contributed by atoms with Crippen molar-refractivity contribution < 1.29 is 4.79 Å². The lowest BCUT2D eigenvalue weighted by Gasteiger charge is -2.37. The van der Waals surface area contributed by atoms with Gasteiger partial charge >= 0.3 is 0 Å². The van der Waals surface area contributed by atoms with Gasteiger partial charge in [0.15, 0.2) is 5.65 Å². The lowest BCUT2D eigenvalue weighted by Crippen LogP contribution is -2.42. The molecule has 2 atom stereocenters. The van der Waals surface area contributed by atoms with E-state index in [1.807, 2.05) is 18.6 Å². The van der Waals surface area contributed by atoms with Crippen molar-refractivity contribution >= 4 is 22.6 Å². The number of fused-ring (bicyclic) bond motifs is 3. The molecule has 5 rings (SSSR count). The Labute approximate surface area is 159 Å². The van der Waals surface area contributed by atoms with E-state index in [2.05, 4.69) is 32.3 Å². The summed E-state index contributed by atoms with van der Waals surface area (Å²) in [5.74, 6) is 2.94. The van der Waals surface area contributed by atoms with E-state index < -0.39 is 0 Å². The maximum Gasteiger partial charge on any atom is 0.222 e. The van der Waals surface area contributed by atoms with E-state index in [4.69, 9.17) is 4.98 Å². The molecule has 1 saturated carbocycles. The molecule has 27 heavy (non-hydrogen) atoms. The normalized spacial score (nSPS) is 23.8. The molecule has 0 radical (unpaired) electrons. The van der Waals surface area contributed by atoms with Gasteiger partial charge in [-0.1, -0.05) is 26.2 Å². The summed E-state index contributed by atoms with van der Waals surface area (Å²) < 4.78 is 2.21. The van der Waals surface area contributed by atoms with Gasteiger partial charge in [-0.3, -0.25) is 9.20 Å². The zero-order valence-electron chi connectivity index (χ0n) is 15.9. The largest absolute Gasteiger partial charge is 0.345 e. The van der Waals surface area contributed by atoms with E-state index in [1.165, 1.54) is 19.3 Å². The Morgan fingerprint density at radius 3 is 2.93 bits per heavy atom. The minimum Gasteiger partial charge on any atom is -0.345 e. The molecule has 3 aromatic heterocycles. The molecule has 0 spiro atoms. The van der Waals surface area contributed by atoms with Crippen LogP contribution in [0.4, 0.5) is 0 Å². The number of carbonyl (C=O) groups is 1. The highest BCUT2D eigenvalue weighted by Gasteiger charge is 2.33. The predicted molar refractivity (Wildman–Crippen MR) is 105 cm³/mol. The molecule has 4 heterocycles. The average Bonchev–Trinajstić information content (AvgIpc) is 3.26. The summed E-state index contributed by atoms with van der Waals surface area (Å²) in [5.41, 5.74) is 2.94. The Morgan fingerprint density at radius 2 is 2.11 bits per heavy atom. The quantitative estimate of drug-likeness (QED) is 0.766. The van der Waals surface area contributed by atoms with Crippen LogP contribution < -0.4 is 0 Å². The van der Waals surface area contributed by atoms with E-state index in [0.29, 0.717) is 18.2 Å². The zero-order valence-corrected chi connectivity index (χ0v) is 15.9. The molecule has 142 valence electrons. The van der Waals surface area contributed by atoms with Gasteiger partial charge in [-0.05, 0) is 30.7 Å². The fourth-order valence-corrected chi connectivity index (χ4v) is 4.66. The number of imidazole rings is 1. The summed E-state index contributed by atoms with van der Waals surface area (Å²) in [5, 5.41) is 0. The number of hydrogen-bond donors (Lipinski definition) is 1. The number of H-pyrrole nitrogens is 1. The summed E-state index contributed by atoms with van der Waals surface area (Å²) in [6.45, 7) is 3.95. The average molecular weight is 365 g/mol. The number of nitrogens with one attached hydrogen (secondary N) is 1. The van der Waals surface area contributed by atoms with E-state index in [9.17, 15) is 4.79 Å². The van der Waals surface area contributed by atoms with Crippen LogP contribution in [0.5, 0.6) is 0 Å². The van der Waals surface area contributed by atoms with Gasteiger partial charge in [-0.2, -0.15) is 0 Å². The summed E-state index contributed by atoms with van der Waals surface area (Å²) in [7, 11) is 0. The van der Waals surface area contributed by atoms with Gasteiger partial charge in [0, 0.05) is 31.6 Å². The SMILES string of the molecule is C[C@H]1CCN(C(=O)CCC2CCC2)C[C@H]1c1ncc2cnc3[nH]ccc3n12. The molecular weight excluding hydrogens is 338 g/mol. The van der Waals surface area contributed by atoms with Crippen molar-refractivity contribution in [3.05, 3.63) is 30.5 Å². The Bertz CT molecular complexity index is 969. The highest BCUT2D eigenvalue weighted by Crippen LogP contribution is 2.34. The van der Waals surface area contributed by atoms with Crippen molar-refractivity contribution in [1.82, 2.24) is 24.3 Å². The predicted octanol–water partition coefficient (Wildman–Crippen LogP) is 3.74. The number of rotatable bonds is 4. The molecule has 0 aromatic carbocycles. The Morgan fingerprint density at radius 1 is 1.26 bits per heavy atom. The molecule has 1 aliphatic carbocycles. The number of carbonyl (C=O) groups excluding carboxylic acids is 1. The second-order valence-electron chi connectivity index (χ2n) is 8.39. The smallest absolute Gasteiger partial charge is 0.222 e. The number of aromatic amines is 1. The summed E-state index contributed by atoms with van der Waals surface area (Å²) in [4.78, 5) is 27.3. The molecule has 1 amide bonds. The third kappa shape index (κ3) is 2.91. The standard InChI is InChI=1S/C21H27N5O/c1-14-8-10-25(19(27)6-5-15-3-2-4-15)13-17(14)21-24-12-16-11-23-20-18(26(16)21)7-9-22-20/h7,9,11-12,14-15,17,22H,2-6,8,10,13H2,1H3/t14-,17+/m0/s1. The maximum absolute atomic E-state index is 12.8. The summed E-state index contributed by atoms with van der Waals surface area (Å²) >= 11 is 0. The van der Waals surface area contributed by atoms with E-state index >= 15 is 0 Å². The fourth-order valence-electron chi connectivity index (χ4n) is 4.66. The molecule has 0 bridgehead atoms. The molecule has 6 heteroatoms. The van der Waals surface area contributed by atoms with Gasteiger partial charge in [0.1, 0.15) is 5.82 Å². The highest BCUT2D eigenvalue weighted by atomic mass is 16.2. The molecular formula is C21H27N5O. The van der Waals surface area contributed by atoms with Crippen molar-refractivity contribution in [3.63, 3.8) is 0 Å². The van der Waals surface area contributed by atoms with Crippen LogP contribution in [0.15, 0.2) is 24.7 Å². The minimum absolute atomic E-state index is 0.259. The number of likely N-dealkylation sites (tertiary alicyclic amines) is 1. The number of aromatic nitrogens is 4. The van der Waals surface area contributed by atoms with Gasteiger partial charge in [0.05, 0.1) is 23.4 Å². The Balaban J connectivity index is 1.40. The molecule has 1 saturated heterocycles. The van der Waals surface area contributed by atoms with Crippen LogP contribution in [0.3, 0.4) is 0 Å². The van der Waals surface area contributed by atoms with Crippen molar-refractivity contribution in [1.29, 1.82) is 0 Å². The van der Waals surface area contributed by atoms with Crippen LogP contribution in [0.25, 0.3) is 16.7 Å². The van der Waals surface area contributed by atoms with Crippen LogP contribution in [0, 0.1) is 11.8 Å². The lowest BCUT2D eigenvalue weighted by atomic mass is 9.81. The van der Waals surface area contributed by atoms with Crippen LogP contribution in [0.1, 0.15) is 57.2 Å². The third-order valence-electron chi connectivity index (χ3n) is 6.72. The molecule has 1 aliphatic heterocycles. The summed E-state index contributed by atoms with van der Waals surface area (Å²) in [6, 6.07) is 2.05. The van der Waals surface area contributed by atoms with Gasteiger partial charge in [0.25, 0.3) is 0 Å². The van der Waals surface area contributed by atoms with Crippen LogP contribution >= 0.6 is 0 Å². The number of hydrogen-bond acceptors (Lipinski definition) is 3. The molecule has 1 N–H and O–H groups in total. The highest BCUT2D eigenvalue weighted by molar-refractivity contribution is 5.77. The first-order valence-corrected chi connectivity index (χ1v) is 10.3. The fraction of sp³-hybridized carbons (Fsp3) is 0.571. The zero-order chi connectivity index (χ0) is 18.4. The Kier molecular flexibility index (Phi) is 4.14. The second-order valence-corrected chi connectivity index (χ2v) is 8.39. The van der Waals surface area contributed by atoms with Gasteiger partial charge < -0.3 is 9.88 Å². The maximum atomic E-state index is 12.8. The monoisotopic (exact) mass is 365 g/mol. The number of amides is 1. The second kappa shape index (κ2) is 6.66. The first-order chi connectivity index (χ1) is 13.2. The summed E-state index contributed by atoms with van der Waals surface area (Å²) in [6.07, 6.45) is 12.5. The number of piperidine rings is 1. The number of nitrogens with zero attached hydrogens (tertiary/aromatic N) is 4. The van der Waals surface area contributed by atoms with Crippen molar-refractivity contribution in [3.8, 4) is 0 Å². The van der Waals surface area contributed by atoms with Gasteiger partial charge in [0.2, 0.25) is 5.91 Å². The third-order valence-corrected chi connectivity index (χ3v) is 6.72. The molecule has 0 unspecified atom stereocenters. The van der Waals surface area contributed by atoms with Crippen molar-refractivity contribution in [2.24, 2.45) is 11.8 Å². The Hall–Kier alpha value is -2.37. The van der Waals surface area contributed by atoms with Gasteiger partial charge in [-0.15, -0.1) is 0 Å². The van der Waals surface area contributed by atoms with E-state index in [0.717, 1.165) is 54.4 Å². The van der Waals surface area contributed by atoms with Gasteiger partial charge in [-0.25, -0.2) is 9.97 Å². The van der Waals surface area contributed by atoms with Crippen LogP contribution in [0.2, 0.25) is 0 Å².